The molecule has 112 valence electrons. The first-order valence-electron chi connectivity index (χ1n) is 7.51. The van der Waals surface area contributed by atoms with Gasteiger partial charge in [0.1, 0.15) is 0 Å². The van der Waals surface area contributed by atoms with Crippen molar-refractivity contribution in [3.8, 4) is 0 Å². The van der Waals surface area contributed by atoms with Gasteiger partial charge in [-0.15, -0.1) is 0 Å². The molecule has 3 rings (SSSR count). The van der Waals surface area contributed by atoms with Crippen LogP contribution in [0.25, 0.3) is 0 Å². The number of rotatable bonds is 3. The third kappa shape index (κ3) is 2.93. The minimum atomic E-state index is -0.00729. The summed E-state index contributed by atoms with van der Waals surface area (Å²) < 4.78 is 5.60. The van der Waals surface area contributed by atoms with E-state index >= 15 is 0 Å². The van der Waals surface area contributed by atoms with Crippen LogP contribution >= 0.6 is 0 Å². The van der Waals surface area contributed by atoms with Gasteiger partial charge in [0.25, 0.3) is 5.91 Å². The Bertz CT molecular complexity index is 563. The molecule has 1 N–H and O–H groups in total. The molecule has 0 unspecified atom stereocenters. The summed E-state index contributed by atoms with van der Waals surface area (Å²) in [4.78, 5) is 25.7. The lowest BCUT2D eigenvalue weighted by atomic mass is 10.0. The molecule has 5 nitrogen and oxygen atoms in total. The Morgan fingerprint density at radius 2 is 2.14 bits per heavy atom. The number of amides is 2. The van der Waals surface area contributed by atoms with E-state index in [4.69, 9.17) is 4.74 Å². The SMILES string of the molecule is CCOC1CCN(C(=O)c2ccc3c(c2)NC(=O)C3)CC1. The lowest BCUT2D eigenvalue weighted by Crippen LogP contribution is -2.40. The second-order valence-corrected chi connectivity index (χ2v) is 5.54. The predicted molar refractivity (Wildman–Crippen MR) is 79.3 cm³/mol. The van der Waals surface area contributed by atoms with Crippen LogP contribution in [0.5, 0.6) is 0 Å². The molecule has 21 heavy (non-hydrogen) atoms. The van der Waals surface area contributed by atoms with Crippen LogP contribution in [0.15, 0.2) is 18.2 Å². The second-order valence-electron chi connectivity index (χ2n) is 5.54. The largest absolute Gasteiger partial charge is 0.378 e. The van der Waals surface area contributed by atoms with E-state index in [2.05, 4.69) is 5.32 Å². The molecule has 0 saturated carbocycles. The third-order valence-electron chi connectivity index (χ3n) is 4.11. The van der Waals surface area contributed by atoms with Crippen molar-refractivity contribution in [2.24, 2.45) is 0 Å². The molecular formula is C16H20N2O3. The highest BCUT2D eigenvalue weighted by molar-refractivity contribution is 6.02. The van der Waals surface area contributed by atoms with Crippen LogP contribution in [-0.4, -0.2) is 42.5 Å². The number of carbonyl (C=O) groups excluding carboxylic acids is 2. The molecule has 1 fully saturated rings. The number of anilines is 1. The zero-order valence-corrected chi connectivity index (χ0v) is 12.2. The minimum absolute atomic E-state index is 0.00729. The van der Waals surface area contributed by atoms with Gasteiger partial charge in [-0.3, -0.25) is 9.59 Å². The van der Waals surface area contributed by atoms with Crippen molar-refractivity contribution in [1.82, 2.24) is 4.90 Å². The number of piperidine rings is 1. The maximum atomic E-state index is 12.5. The van der Waals surface area contributed by atoms with Crippen molar-refractivity contribution >= 4 is 17.5 Å². The lowest BCUT2D eigenvalue weighted by molar-refractivity contribution is -0.115. The highest BCUT2D eigenvalue weighted by Gasteiger charge is 2.25. The van der Waals surface area contributed by atoms with Gasteiger partial charge in [0.2, 0.25) is 5.91 Å². The second kappa shape index (κ2) is 5.85. The number of benzene rings is 1. The Kier molecular flexibility index (Phi) is 3.92. The maximum Gasteiger partial charge on any atom is 0.253 e. The molecule has 1 aromatic carbocycles. The van der Waals surface area contributed by atoms with E-state index in [-0.39, 0.29) is 17.9 Å². The fraction of sp³-hybridized carbons (Fsp3) is 0.500. The van der Waals surface area contributed by atoms with Crippen LogP contribution in [0.4, 0.5) is 5.69 Å². The number of nitrogens with one attached hydrogen (secondary N) is 1. The molecule has 0 aromatic heterocycles. The fourth-order valence-electron chi connectivity index (χ4n) is 2.99. The van der Waals surface area contributed by atoms with Gasteiger partial charge in [0.05, 0.1) is 12.5 Å². The molecule has 2 aliphatic heterocycles. The Morgan fingerprint density at radius 1 is 1.38 bits per heavy atom. The van der Waals surface area contributed by atoms with E-state index in [0.29, 0.717) is 12.0 Å². The van der Waals surface area contributed by atoms with Crippen molar-refractivity contribution < 1.29 is 14.3 Å². The quantitative estimate of drug-likeness (QED) is 0.923. The van der Waals surface area contributed by atoms with Crippen LogP contribution in [-0.2, 0) is 16.0 Å². The van der Waals surface area contributed by atoms with E-state index in [1.54, 1.807) is 6.07 Å². The number of hydrogen-bond acceptors (Lipinski definition) is 3. The highest BCUT2D eigenvalue weighted by Crippen LogP contribution is 2.25. The summed E-state index contributed by atoms with van der Waals surface area (Å²) in [6.07, 6.45) is 2.46. The number of carbonyl (C=O) groups is 2. The summed E-state index contributed by atoms with van der Waals surface area (Å²) in [5, 5.41) is 2.79. The van der Waals surface area contributed by atoms with Crippen molar-refractivity contribution in [1.29, 1.82) is 0 Å². The maximum absolute atomic E-state index is 12.5. The van der Waals surface area contributed by atoms with Crippen molar-refractivity contribution in [2.45, 2.75) is 32.3 Å². The zero-order chi connectivity index (χ0) is 14.8. The first-order valence-corrected chi connectivity index (χ1v) is 7.51. The smallest absolute Gasteiger partial charge is 0.253 e. The first kappa shape index (κ1) is 14.1. The molecule has 1 saturated heterocycles. The van der Waals surface area contributed by atoms with Crippen molar-refractivity contribution in [3.05, 3.63) is 29.3 Å². The van der Waals surface area contributed by atoms with E-state index in [1.165, 1.54) is 0 Å². The van der Waals surface area contributed by atoms with Gasteiger partial charge >= 0.3 is 0 Å². The standard InChI is InChI=1S/C16H20N2O3/c1-2-21-13-5-7-18(8-6-13)16(20)12-4-3-11-10-15(19)17-14(11)9-12/h3-4,9,13H,2,5-8,10H2,1H3,(H,17,19). The number of fused-ring (bicyclic) bond motifs is 1. The molecule has 2 heterocycles. The molecule has 2 amide bonds. The summed E-state index contributed by atoms with van der Waals surface area (Å²) in [5.74, 6) is 0.0287. The summed E-state index contributed by atoms with van der Waals surface area (Å²) in [6.45, 7) is 4.18. The monoisotopic (exact) mass is 288 g/mol. The fourth-order valence-corrected chi connectivity index (χ4v) is 2.99. The highest BCUT2D eigenvalue weighted by atomic mass is 16.5. The van der Waals surface area contributed by atoms with E-state index in [1.807, 2.05) is 24.0 Å². The van der Waals surface area contributed by atoms with Crippen LogP contribution in [0.3, 0.4) is 0 Å². The number of nitrogens with zero attached hydrogens (tertiary/aromatic N) is 1. The molecule has 2 aliphatic rings. The predicted octanol–water partition coefficient (Wildman–Crippen LogP) is 1.82. The van der Waals surface area contributed by atoms with E-state index in [9.17, 15) is 9.59 Å². The lowest BCUT2D eigenvalue weighted by Gasteiger charge is -2.31. The van der Waals surface area contributed by atoms with Crippen LogP contribution in [0.1, 0.15) is 35.7 Å². The van der Waals surface area contributed by atoms with Gasteiger partial charge in [-0.1, -0.05) is 6.07 Å². The van der Waals surface area contributed by atoms with Crippen LogP contribution in [0, 0.1) is 0 Å². The molecule has 0 bridgehead atoms. The first-order chi connectivity index (χ1) is 10.2. The average molecular weight is 288 g/mol. The van der Waals surface area contributed by atoms with Crippen LogP contribution in [0.2, 0.25) is 0 Å². The normalized spacial score (nSPS) is 18.5. The van der Waals surface area contributed by atoms with Gasteiger partial charge < -0.3 is 15.0 Å². The summed E-state index contributed by atoms with van der Waals surface area (Å²) >= 11 is 0. The Hall–Kier alpha value is -1.88. The van der Waals surface area contributed by atoms with Gasteiger partial charge in [0, 0.05) is 30.9 Å². The molecule has 0 spiro atoms. The van der Waals surface area contributed by atoms with Gasteiger partial charge in [-0.25, -0.2) is 0 Å². The van der Waals surface area contributed by atoms with Gasteiger partial charge in [0.15, 0.2) is 0 Å². The third-order valence-corrected chi connectivity index (χ3v) is 4.11. The van der Waals surface area contributed by atoms with Crippen molar-refractivity contribution in [2.75, 3.05) is 25.0 Å². The molecule has 0 radical (unpaired) electrons. The van der Waals surface area contributed by atoms with Crippen LogP contribution < -0.4 is 5.32 Å². The Labute approximate surface area is 124 Å². The number of hydrogen-bond donors (Lipinski definition) is 1. The summed E-state index contributed by atoms with van der Waals surface area (Å²) in [5.41, 5.74) is 2.38. The van der Waals surface area contributed by atoms with Gasteiger partial charge in [-0.05, 0) is 37.5 Å². The molecule has 5 heteroatoms. The Morgan fingerprint density at radius 3 is 2.86 bits per heavy atom. The molecular weight excluding hydrogens is 268 g/mol. The minimum Gasteiger partial charge on any atom is -0.378 e. The van der Waals surface area contributed by atoms with Gasteiger partial charge in [-0.2, -0.15) is 0 Å². The van der Waals surface area contributed by atoms with E-state index in [0.717, 1.165) is 43.8 Å². The number of ether oxygens (including phenoxy) is 1. The topological polar surface area (TPSA) is 58.6 Å². The average Bonchev–Trinajstić information content (AvgIpc) is 2.86. The summed E-state index contributed by atoms with van der Waals surface area (Å²) in [7, 11) is 0. The molecule has 0 aliphatic carbocycles. The number of likely N-dealkylation sites (tertiary alicyclic amines) is 1. The molecule has 0 atom stereocenters. The van der Waals surface area contributed by atoms with E-state index < -0.39 is 0 Å². The zero-order valence-electron chi connectivity index (χ0n) is 12.2. The van der Waals surface area contributed by atoms with Crippen molar-refractivity contribution in [3.63, 3.8) is 0 Å². The summed E-state index contributed by atoms with van der Waals surface area (Å²) in [6, 6.07) is 5.47. The molecule has 1 aromatic rings. The Balaban J connectivity index is 1.67.